The van der Waals surface area contributed by atoms with Gasteiger partial charge < -0.3 is 25.8 Å². The topological polar surface area (TPSA) is 103 Å². The van der Waals surface area contributed by atoms with Crippen LogP contribution in [-0.2, 0) is 9.53 Å². The van der Waals surface area contributed by atoms with Crippen LogP contribution in [-0.4, -0.2) is 81.0 Å². The summed E-state index contributed by atoms with van der Waals surface area (Å²) in [7, 11) is 1.43. The van der Waals surface area contributed by atoms with Crippen molar-refractivity contribution < 1.29 is 19.4 Å². The van der Waals surface area contributed by atoms with Crippen LogP contribution in [0.3, 0.4) is 0 Å². The highest BCUT2D eigenvalue weighted by atomic mass is 16.5. The van der Waals surface area contributed by atoms with Crippen LogP contribution in [0.4, 0.5) is 4.79 Å². The van der Waals surface area contributed by atoms with Crippen molar-refractivity contribution in [1.29, 1.82) is 0 Å². The summed E-state index contributed by atoms with van der Waals surface area (Å²) in [4.78, 5) is 24.4. The summed E-state index contributed by atoms with van der Waals surface area (Å²) < 4.78 is 4.97. The number of urea groups is 1. The Hall–Kier alpha value is -1.38. The first kappa shape index (κ1) is 16.7. The quantitative estimate of drug-likeness (QED) is 0.442. The van der Waals surface area contributed by atoms with Gasteiger partial charge in [-0.2, -0.15) is 0 Å². The number of piperazine rings is 1. The van der Waals surface area contributed by atoms with Crippen molar-refractivity contribution in [3.05, 3.63) is 0 Å². The predicted molar refractivity (Wildman–Crippen MR) is 73.8 cm³/mol. The Morgan fingerprint density at radius 2 is 2.05 bits per heavy atom. The SMILES string of the molecule is COC(CNC(=O)NCCN1CCNCC1)CC(=O)O. The van der Waals surface area contributed by atoms with Crippen molar-refractivity contribution in [3.63, 3.8) is 0 Å². The first-order valence-electron chi connectivity index (χ1n) is 6.81. The minimum absolute atomic E-state index is 0.127. The van der Waals surface area contributed by atoms with Gasteiger partial charge in [0.1, 0.15) is 0 Å². The summed E-state index contributed by atoms with van der Waals surface area (Å²) in [6.07, 6.45) is -0.635. The van der Waals surface area contributed by atoms with Gasteiger partial charge >= 0.3 is 12.0 Å². The second kappa shape index (κ2) is 9.51. The Labute approximate surface area is 118 Å². The lowest BCUT2D eigenvalue weighted by Crippen LogP contribution is -2.48. The molecule has 4 N–H and O–H groups in total. The third-order valence-corrected chi connectivity index (χ3v) is 3.15. The van der Waals surface area contributed by atoms with Crippen molar-refractivity contribution in [3.8, 4) is 0 Å². The molecule has 0 aromatic rings. The van der Waals surface area contributed by atoms with E-state index in [0.717, 1.165) is 32.7 Å². The van der Waals surface area contributed by atoms with E-state index in [0.29, 0.717) is 6.54 Å². The molecule has 2 amide bonds. The molecule has 0 radical (unpaired) electrons. The van der Waals surface area contributed by atoms with Crippen molar-refractivity contribution in [2.45, 2.75) is 12.5 Å². The second-order valence-electron chi connectivity index (χ2n) is 4.68. The number of nitrogens with zero attached hydrogens (tertiary/aromatic N) is 1. The highest BCUT2D eigenvalue weighted by Crippen LogP contribution is 1.95. The molecule has 1 saturated heterocycles. The van der Waals surface area contributed by atoms with Gasteiger partial charge in [0.15, 0.2) is 0 Å². The molecular formula is C12H24N4O4. The number of nitrogens with one attached hydrogen (secondary N) is 3. The van der Waals surface area contributed by atoms with Gasteiger partial charge in [0.05, 0.1) is 12.5 Å². The van der Waals surface area contributed by atoms with Gasteiger partial charge in [0, 0.05) is 52.9 Å². The molecule has 0 aliphatic carbocycles. The fourth-order valence-corrected chi connectivity index (χ4v) is 1.96. The number of carbonyl (C=O) groups is 2. The van der Waals surface area contributed by atoms with Crippen LogP contribution in [0.15, 0.2) is 0 Å². The number of hydrogen-bond donors (Lipinski definition) is 4. The maximum Gasteiger partial charge on any atom is 0.314 e. The molecule has 116 valence electrons. The molecule has 1 fully saturated rings. The average molecular weight is 288 g/mol. The van der Waals surface area contributed by atoms with E-state index in [9.17, 15) is 9.59 Å². The van der Waals surface area contributed by atoms with Crippen LogP contribution >= 0.6 is 0 Å². The number of hydrogen-bond acceptors (Lipinski definition) is 5. The Kier molecular flexibility index (Phi) is 7.93. The van der Waals surface area contributed by atoms with E-state index in [1.807, 2.05) is 0 Å². The standard InChI is InChI=1S/C12H24N4O4/c1-20-10(8-11(17)18)9-15-12(19)14-4-7-16-5-2-13-3-6-16/h10,13H,2-9H2,1H3,(H,17,18)(H2,14,15,19). The fraction of sp³-hybridized carbons (Fsp3) is 0.833. The molecule has 1 rings (SSSR count). The molecule has 1 unspecified atom stereocenters. The van der Waals surface area contributed by atoms with E-state index in [1.165, 1.54) is 7.11 Å². The molecule has 1 heterocycles. The molecule has 8 nitrogen and oxygen atoms in total. The minimum atomic E-state index is -0.947. The van der Waals surface area contributed by atoms with Crippen LogP contribution in [0.5, 0.6) is 0 Å². The first-order valence-corrected chi connectivity index (χ1v) is 6.81. The Balaban J connectivity index is 2.08. The fourth-order valence-electron chi connectivity index (χ4n) is 1.96. The maximum atomic E-state index is 11.5. The number of carbonyl (C=O) groups excluding carboxylic acids is 1. The summed E-state index contributed by atoms with van der Waals surface area (Å²) in [5, 5.41) is 17.3. The summed E-state index contributed by atoms with van der Waals surface area (Å²) >= 11 is 0. The number of carboxylic acids is 1. The average Bonchev–Trinajstić information content (AvgIpc) is 2.44. The molecule has 0 saturated carbocycles. The zero-order valence-electron chi connectivity index (χ0n) is 11.9. The van der Waals surface area contributed by atoms with Crippen LogP contribution < -0.4 is 16.0 Å². The van der Waals surface area contributed by atoms with E-state index in [1.54, 1.807) is 0 Å². The molecule has 1 atom stereocenters. The van der Waals surface area contributed by atoms with Crippen molar-refractivity contribution in [1.82, 2.24) is 20.9 Å². The number of rotatable bonds is 8. The third-order valence-electron chi connectivity index (χ3n) is 3.15. The molecular weight excluding hydrogens is 264 g/mol. The van der Waals surface area contributed by atoms with E-state index < -0.39 is 12.1 Å². The molecule has 0 bridgehead atoms. The molecule has 0 spiro atoms. The van der Waals surface area contributed by atoms with Gasteiger partial charge in [-0.05, 0) is 0 Å². The Morgan fingerprint density at radius 3 is 2.65 bits per heavy atom. The van der Waals surface area contributed by atoms with Gasteiger partial charge in [-0.1, -0.05) is 0 Å². The van der Waals surface area contributed by atoms with E-state index in [-0.39, 0.29) is 19.0 Å². The molecule has 0 aromatic heterocycles. The Morgan fingerprint density at radius 1 is 1.35 bits per heavy atom. The van der Waals surface area contributed by atoms with E-state index in [4.69, 9.17) is 9.84 Å². The molecule has 1 aliphatic heterocycles. The maximum absolute atomic E-state index is 11.5. The zero-order chi connectivity index (χ0) is 14.8. The molecule has 0 aromatic carbocycles. The van der Waals surface area contributed by atoms with Gasteiger partial charge in [-0.25, -0.2) is 4.79 Å². The zero-order valence-corrected chi connectivity index (χ0v) is 11.9. The van der Waals surface area contributed by atoms with Gasteiger partial charge in [0.25, 0.3) is 0 Å². The summed E-state index contributed by atoms with van der Waals surface area (Å²) in [5.41, 5.74) is 0. The molecule has 8 heteroatoms. The normalized spacial score (nSPS) is 17.4. The highest BCUT2D eigenvalue weighted by molar-refractivity contribution is 5.74. The van der Waals surface area contributed by atoms with E-state index in [2.05, 4.69) is 20.9 Å². The monoisotopic (exact) mass is 288 g/mol. The molecule has 1 aliphatic rings. The number of ether oxygens (including phenoxy) is 1. The second-order valence-corrected chi connectivity index (χ2v) is 4.68. The van der Waals surface area contributed by atoms with Crippen molar-refractivity contribution in [2.24, 2.45) is 0 Å². The number of aliphatic carboxylic acids is 1. The lowest BCUT2D eigenvalue weighted by molar-refractivity contribution is -0.139. The number of methoxy groups -OCH3 is 1. The summed E-state index contributed by atoms with van der Waals surface area (Å²) in [6.45, 7) is 5.53. The van der Waals surface area contributed by atoms with Crippen LogP contribution in [0.25, 0.3) is 0 Å². The minimum Gasteiger partial charge on any atom is -0.481 e. The van der Waals surface area contributed by atoms with Crippen LogP contribution in [0.1, 0.15) is 6.42 Å². The van der Waals surface area contributed by atoms with Crippen LogP contribution in [0.2, 0.25) is 0 Å². The van der Waals surface area contributed by atoms with Crippen molar-refractivity contribution >= 4 is 12.0 Å². The van der Waals surface area contributed by atoms with Gasteiger partial charge in [-0.15, -0.1) is 0 Å². The smallest absolute Gasteiger partial charge is 0.314 e. The number of amides is 2. The van der Waals surface area contributed by atoms with Crippen LogP contribution in [0, 0.1) is 0 Å². The van der Waals surface area contributed by atoms with Crippen molar-refractivity contribution in [2.75, 3.05) is 52.9 Å². The van der Waals surface area contributed by atoms with E-state index >= 15 is 0 Å². The number of carboxylic acid groups (broad SMARTS) is 1. The third kappa shape index (κ3) is 7.27. The molecule has 20 heavy (non-hydrogen) atoms. The summed E-state index contributed by atoms with van der Waals surface area (Å²) in [5.74, 6) is -0.947. The van der Waals surface area contributed by atoms with Gasteiger partial charge in [0.2, 0.25) is 0 Å². The lowest BCUT2D eigenvalue weighted by atomic mass is 10.2. The largest absolute Gasteiger partial charge is 0.481 e. The Bertz CT molecular complexity index is 308. The summed E-state index contributed by atoms with van der Waals surface area (Å²) in [6, 6.07) is -0.299. The lowest BCUT2D eigenvalue weighted by Gasteiger charge is -2.27. The first-order chi connectivity index (χ1) is 9.61. The predicted octanol–water partition coefficient (Wildman–Crippen LogP) is -1.32. The highest BCUT2D eigenvalue weighted by Gasteiger charge is 2.13. The van der Waals surface area contributed by atoms with Gasteiger partial charge in [-0.3, -0.25) is 9.69 Å².